The van der Waals surface area contributed by atoms with Gasteiger partial charge in [-0.3, -0.25) is 19.2 Å². The molecule has 3 heterocycles. The molecular formula is C26H23N3O4S. The Morgan fingerprint density at radius 2 is 1.68 bits per heavy atom. The number of thiophene rings is 1. The van der Waals surface area contributed by atoms with E-state index in [0.29, 0.717) is 24.1 Å². The van der Waals surface area contributed by atoms with Crippen molar-refractivity contribution in [3.8, 4) is 10.4 Å². The maximum Gasteiger partial charge on any atom is 0.254 e. The number of likely N-dealkylation sites (tertiary alicyclic amines) is 2. The summed E-state index contributed by atoms with van der Waals surface area (Å²) < 4.78 is 0. The molecule has 2 aromatic carbocycles. The van der Waals surface area contributed by atoms with Crippen molar-refractivity contribution in [1.82, 2.24) is 15.1 Å². The molecule has 5 rings (SSSR count). The number of carbonyl (C=O) groups excluding carboxylic acids is 4. The third kappa shape index (κ3) is 4.12. The largest absolute Gasteiger partial charge is 0.343 e. The van der Waals surface area contributed by atoms with Gasteiger partial charge in [0.15, 0.2) is 5.78 Å². The van der Waals surface area contributed by atoms with Crippen LogP contribution in [0.3, 0.4) is 0 Å². The average Bonchev–Trinajstić information content (AvgIpc) is 3.62. The van der Waals surface area contributed by atoms with E-state index in [9.17, 15) is 19.2 Å². The number of benzene rings is 2. The number of amides is 3. The molecule has 3 amide bonds. The fourth-order valence-electron chi connectivity index (χ4n) is 4.71. The van der Waals surface area contributed by atoms with Gasteiger partial charge in [-0.2, -0.15) is 0 Å². The first kappa shape index (κ1) is 22.0. The first-order valence-corrected chi connectivity index (χ1v) is 12.0. The van der Waals surface area contributed by atoms with Crippen molar-refractivity contribution >= 4 is 34.8 Å². The van der Waals surface area contributed by atoms with Gasteiger partial charge in [0.1, 0.15) is 6.04 Å². The lowest BCUT2D eigenvalue weighted by molar-refractivity contribution is -0.135. The van der Waals surface area contributed by atoms with E-state index in [4.69, 9.17) is 0 Å². The number of carbonyl (C=O) groups is 4. The molecule has 0 spiro atoms. The molecule has 2 atom stereocenters. The molecule has 0 unspecified atom stereocenters. The van der Waals surface area contributed by atoms with E-state index in [1.165, 1.54) is 4.90 Å². The Morgan fingerprint density at radius 3 is 2.38 bits per heavy atom. The zero-order valence-electron chi connectivity index (χ0n) is 18.3. The number of ketones is 1. The normalized spacial score (nSPS) is 19.2. The number of nitrogens with one attached hydrogen (secondary N) is 1. The van der Waals surface area contributed by atoms with Crippen LogP contribution in [0.25, 0.3) is 10.4 Å². The summed E-state index contributed by atoms with van der Waals surface area (Å²) in [6, 6.07) is 19.1. The van der Waals surface area contributed by atoms with E-state index < -0.39 is 6.04 Å². The van der Waals surface area contributed by atoms with Gasteiger partial charge < -0.3 is 15.1 Å². The van der Waals surface area contributed by atoms with Crippen LogP contribution in [0.1, 0.15) is 27.1 Å². The van der Waals surface area contributed by atoms with Crippen LogP contribution in [-0.2, 0) is 9.59 Å². The van der Waals surface area contributed by atoms with Crippen molar-refractivity contribution < 1.29 is 19.2 Å². The number of Topliss-reactive ketones (excluding diaryl/α,β-unsaturated/α-hetero) is 1. The molecule has 1 N–H and O–H groups in total. The quantitative estimate of drug-likeness (QED) is 0.618. The first-order valence-electron chi connectivity index (χ1n) is 11.1. The van der Waals surface area contributed by atoms with Crippen LogP contribution in [0, 0.1) is 0 Å². The SMILES string of the molecule is O=C(NCC(=O)N1CC[C@@H]2[C@H]1C(=O)CN2C(=O)c1ccccc1)c1ccc(-c2cccs2)cc1. The Labute approximate surface area is 201 Å². The van der Waals surface area contributed by atoms with Gasteiger partial charge in [-0.25, -0.2) is 0 Å². The lowest BCUT2D eigenvalue weighted by atomic mass is 10.1. The second kappa shape index (κ2) is 9.23. The molecule has 2 aliphatic rings. The van der Waals surface area contributed by atoms with Gasteiger partial charge in [0.05, 0.1) is 19.1 Å². The minimum absolute atomic E-state index is 0.00418. The van der Waals surface area contributed by atoms with E-state index in [-0.39, 0.29) is 42.6 Å². The molecule has 172 valence electrons. The molecule has 2 aliphatic heterocycles. The van der Waals surface area contributed by atoms with Crippen LogP contribution in [0.15, 0.2) is 72.1 Å². The van der Waals surface area contributed by atoms with Crippen molar-refractivity contribution in [2.24, 2.45) is 0 Å². The number of hydrogen-bond donors (Lipinski definition) is 1. The average molecular weight is 474 g/mol. The summed E-state index contributed by atoms with van der Waals surface area (Å²) in [5.74, 6) is -1.01. The highest BCUT2D eigenvalue weighted by Gasteiger charge is 2.51. The fourth-order valence-corrected chi connectivity index (χ4v) is 5.44. The minimum atomic E-state index is -0.651. The zero-order chi connectivity index (χ0) is 23.7. The minimum Gasteiger partial charge on any atom is -0.343 e. The van der Waals surface area contributed by atoms with Crippen molar-refractivity contribution in [2.45, 2.75) is 18.5 Å². The zero-order valence-corrected chi connectivity index (χ0v) is 19.2. The van der Waals surface area contributed by atoms with E-state index in [1.54, 1.807) is 52.6 Å². The van der Waals surface area contributed by atoms with E-state index in [0.717, 1.165) is 10.4 Å². The highest BCUT2D eigenvalue weighted by atomic mass is 32.1. The van der Waals surface area contributed by atoms with Crippen LogP contribution in [0.4, 0.5) is 0 Å². The third-order valence-electron chi connectivity index (χ3n) is 6.38. The molecule has 0 aliphatic carbocycles. The van der Waals surface area contributed by atoms with E-state index >= 15 is 0 Å². The van der Waals surface area contributed by atoms with Gasteiger partial charge in [0.25, 0.3) is 11.8 Å². The lowest BCUT2D eigenvalue weighted by Gasteiger charge is -2.24. The highest BCUT2D eigenvalue weighted by molar-refractivity contribution is 7.13. The van der Waals surface area contributed by atoms with E-state index in [1.807, 2.05) is 35.7 Å². The fraction of sp³-hybridized carbons (Fsp3) is 0.231. The van der Waals surface area contributed by atoms with Crippen molar-refractivity contribution in [1.29, 1.82) is 0 Å². The van der Waals surface area contributed by atoms with Crippen LogP contribution in [0.5, 0.6) is 0 Å². The van der Waals surface area contributed by atoms with Crippen molar-refractivity contribution in [2.75, 3.05) is 19.6 Å². The predicted molar refractivity (Wildman–Crippen MR) is 128 cm³/mol. The van der Waals surface area contributed by atoms with Crippen LogP contribution in [0.2, 0.25) is 0 Å². The Balaban J connectivity index is 1.20. The maximum atomic E-state index is 12.9. The second-order valence-corrected chi connectivity index (χ2v) is 9.34. The molecule has 0 saturated carbocycles. The van der Waals surface area contributed by atoms with Gasteiger partial charge in [0.2, 0.25) is 5.91 Å². The maximum absolute atomic E-state index is 12.9. The van der Waals surface area contributed by atoms with Gasteiger partial charge in [-0.1, -0.05) is 36.4 Å². The Morgan fingerprint density at radius 1 is 0.912 bits per heavy atom. The van der Waals surface area contributed by atoms with Crippen LogP contribution < -0.4 is 5.32 Å². The smallest absolute Gasteiger partial charge is 0.254 e. The topological polar surface area (TPSA) is 86.8 Å². The van der Waals surface area contributed by atoms with Crippen LogP contribution >= 0.6 is 11.3 Å². The monoisotopic (exact) mass is 473 g/mol. The van der Waals surface area contributed by atoms with Crippen LogP contribution in [-0.4, -0.2) is 65.0 Å². The summed E-state index contributed by atoms with van der Waals surface area (Å²) in [6.07, 6.45) is 0.541. The number of hydrogen-bond acceptors (Lipinski definition) is 5. The molecule has 7 nitrogen and oxygen atoms in total. The lowest BCUT2D eigenvalue weighted by Crippen LogP contribution is -2.47. The van der Waals surface area contributed by atoms with Gasteiger partial charge >= 0.3 is 0 Å². The predicted octanol–water partition coefficient (Wildman–Crippen LogP) is 2.84. The Kier molecular flexibility index (Phi) is 5.98. The molecule has 0 radical (unpaired) electrons. The molecule has 3 aromatic rings. The molecule has 0 bridgehead atoms. The second-order valence-electron chi connectivity index (χ2n) is 8.39. The molecule has 8 heteroatoms. The molecule has 34 heavy (non-hydrogen) atoms. The summed E-state index contributed by atoms with van der Waals surface area (Å²) in [5.41, 5.74) is 2.02. The summed E-state index contributed by atoms with van der Waals surface area (Å²) in [7, 11) is 0. The van der Waals surface area contributed by atoms with Gasteiger partial charge in [-0.05, 0) is 47.7 Å². The summed E-state index contributed by atoms with van der Waals surface area (Å²) in [4.78, 5) is 55.3. The Hall–Kier alpha value is -3.78. The van der Waals surface area contributed by atoms with E-state index in [2.05, 4.69) is 5.32 Å². The molecule has 2 fully saturated rings. The molecular weight excluding hydrogens is 450 g/mol. The van der Waals surface area contributed by atoms with Crippen molar-refractivity contribution in [3.05, 3.63) is 83.2 Å². The van der Waals surface area contributed by atoms with Gasteiger partial charge in [-0.15, -0.1) is 11.3 Å². The first-order chi connectivity index (χ1) is 16.5. The molecule has 2 saturated heterocycles. The summed E-state index contributed by atoms with van der Waals surface area (Å²) in [6.45, 7) is 0.175. The third-order valence-corrected chi connectivity index (χ3v) is 7.30. The Bertz CT molecular complexity index is 1220. The standard InChI is InChI=1S/C26H23N3O4S/c30-21-16-29(26(33)19-5-2-1-3-6-19)20-12-13-28(24(20)21)23(31)15-27-25(32)18-10-8-17(9-11-18)22-7-4-14-34-22/h1-11,14,20,24H,12-13,15-16H2,(H,27,32)/t20-,24+/m1/s1. The number of rotatable bonds is 5. The highest BCUT2D eigenvalue weighted by Crippen LogP contribution is 2.31. The summed E-state index contributed by atoms with van der Waals surface area (Å²) in [5, 5.41) is 4.66. The van der Waals surface area contributed by atoms with Gasteiger partial charge in [0, 0.05) is 22.5 Å². The summed E-state index contributed by atoms with van der Waals surface area (Å²) >= 11 is 1.62. The molecule has 1 aromatic heterocycles. The van der Waals surface area contributed by atoms with Crippen molar-refractivity contribution in [3.63, 3.8) is 0 Å². The number of nitrogens with zero attached hydrogens (tertiary/aromatic N) is 2. The number of fused-ring (bicyclic) bond motifs is 1.